The van der Waals surface area contributed by atoms with Crippen molar-refractivity contribution in [1.29, 1.82) is 0 Å². The molecule has 0 saturated carbocycles. The van der Waals surface area contributed by atoms with Gasteiger partial charge in [-0.05, 0) is 37.1 Å². The molecule has 0 radical (unpaired) electrons. The monoisotopic (exact) mass is 361 g/mol. The van der Waals surface area contributed by atoms with E-state index in [1.165, 1.54) is 12.1 Å². The summed E-state index contributed by atoms with van der Waals surface area (Å²) in [5, 5.41) is 0. The molecule has 0 N–H and O–H groups in total. The van der Waals surface area contributed by atoms with Crippen molar-refractivity contribution >= 4 is 5.91 Å². The van der Waals surface area contributed by atoms with Crippen LogP contribution in [0, 0.1) is 5.82 Å². The Morgan fingerprint density at radius 3 is 2.52 bits per heavy atom. The highest BCUT2D eigenvalue weighted by atomic mass is 19.1. The molecule has 136 valence electrons. The molecule has 0 spiro atoms. The molecule has 0 bridgehead atoms. The van der Waals surface area contributed by atoms with E-state index >= 15 is 0 Å². The number of rotatable bonds is 3. The number of amides is 1. The third-order valence-electron chi connectivity index (χ3n) is 4.99. The van der Waals surface area contributed by atoms with Crippen LogP contribution in [0.4, 0.5) is 4.39 Å². The number of piperidine rings is 1. The Balaban J connectivity index is 1.46. The van der Waals surface area contributed by atoms with Crippen molar-refractivity contribution in [3.8, 4) is 11.3 Å². The Kier molecular flexibility index (Phi) is 4.92. The second-order valence-electron chi connectivity index (χ2n) is 6.77. The SMILES string of the molecule is O=C(c1ccccc1)N1CCC(c2cncc(-c3cccc(F)c3)n2)CC1. The number of halogens is 1. The standard InChI is InChI=1S/C22H20FN3O/c23-19-8-4-7-18(13-19)21-15-24-14-20(25-21)16-9-11-26(12-10-16)22(27)17-5-2-1-3-6-17/h1-8,13-16H,9-12H2. The van der Waals surface area contributed by atoms with Crippen LogP contribution in [0.1, 0.15) is 34.8 Å². The molecule has 1 aliphatic rings. The largest absolute Gasteiger partial charge is 0.339 e. The van der Waals surface area contributed by atoms with Gasteiger partial charge in [0.05, 0.1) is 17.6 Å². The molecular weight excluding hydrogens is 341 g/mol. The molecule has 0 unspecified atom stereocenters. The molecule has 3 aromatic rings. The first-order valence-corrected chi connectivity index (χ1v) is 9.13. The molecule has 1 fully saturated rings. The van der Waals surface area contributed by atoms with Crippen molar-refractivity contribution in [3.05, 3.63) is 84.1 Å². The van der Waals surface area contributed by atoms with E-state index in [1.807, 2.05) is 41.3 Å². The molecule has 0 aliphatic carbocycles. The first-order valence-electron chi connectivity index (χ1n) is 9.13. The molecule has 1 aromatic heterocycles. The Hall–Kier alpha value is -3.08. The zero-order chi connectivity index (χ0) is 18.6. The van der Waals surface area contributed by atoms with Gasteiger partial charge in [0, 0.05) is 36.3 Å². The summed E-state index contributed by atoms with van der Waals surface area (Å²) in [5.74, 6) is 0.0481. The number of likely N-dealkylation sites (tertiary alicyclic amines) is 1. The van der Waals surface area contributed by atoms with E-state index in [0.717, 1.165) is 29.7 Å². The van der Waals surface area contributed by atoms with Gasteiger partial charge in [-0.1, -0.05) is 30.3 Å². The topological polar surface area (TPSA) is 46.1 Å². The normalized spacial score (nSPS) is 14.9. The fourth-order valence-corrected chi connectivity index (χ4v) is 3.51. The molecule has 4 nitrogen and oxygen atoms in total. The van der Waals surface area contributed by atoms with Gasteiger partial charge in [-0.15, -0.1) is 0 Å². The Morgan fingerprint density at radius 2 is 1.78 bits per heavy atom. The maximum absolute atomic E-state index is 13.5. The smallest absolute Gasteiger partial charge is 0.253 e. The maximum atomic E-state index is 13.5. The number of nitrogens with zero attached hydrogens (tertiary/aromatic N) is 3. The molecule has 2 heterocycles. The number of carbonyl (C=O) groups excluding carboxylic acids is 1. The van der Waals surface area contributed by atoms with E-state index in [0.29, 0.717) is 18.8 Å². The highest BCUT2D eigenvalue weighted by Crippen LogP contribution is 2.28. The number of carbonyl (C=O) groups is 1. The first kappa shape index (κ1) is 17.3. The predicted octanol–water partition coefficient (Wildman–Crippen LogP) is 4.30. The maximum Gasteiger partial charge on any atom is 0.253 e. The van der Waals surface area contributed by atoms with Crippen LogP contribution in [0.15, 0.2) is 67.0 Å². The Bertz CT molecular complexity index is 937. The average Bonchev–Trinajstić information content (AvgIpc) is 2.74. The third kappa shape index (κ3) is 3.87. The summed E-state index contributed by atoms with van der Waals surface area (Å²) in [5.41, 5.74) is 3.03. The minimum atomic E-state index is -0.285. The van der Waals surface area contributed by atoms with Gasteiger partial charge in [0.2, 0.25) is 0 Å². The van der Waals surface area contributed by atoms with Crippen LogP contribution in [-0.4, -0.2) is 33.9 Å². The van der Waals surface area contributed by atoms with Gasteiger partial charge in [-0.3, -0.25) is 9.78 Å². The van der Waals surface area contributed by atoms with E-state index < -0.39 is 0 Å². The van der Waals surface area contributed by atoms with Crippen LogP contribution in [0.25, 0.3) is 11.3 Å². The second-order valence-corrected chi connectivity index (χ2v) is 6.77. The first-order chi connectivity index (χ1) is 13.2. The van der Waals surface area contributed by atoms with Crippen LogP contribution in [-0.2, 0) is 0 Å². The van der Waals surface area contributed by atoms with Crippen LogP contribution < -0.4 is 0 Å². The van der Waals surface area contributed by atoms with E-state index in [1.54, 1.807) is 18.5 Å². The van der Waals surface area contributed by atoms with Gasteiger partial charge < -0.3 is 4.90 Å². The summed E-state index contributed by atoms with van der Waals surface area (Å²) in [6, 6.07) is 15.8. The number of hydrogen-bond acceptors (Lipinski definition) is 3. The molecule has 1 amide bonds. The highest BCUT2D eigenvalue weighted by Gasteiger charge is 2.25. The number of hydrogen-bond donors (Lipinski definition) is 0. The van der Waals surface area contributed by atoms with Gasteiger partial charge in [0.1, 0.15) is 5.82 Å². The van der Waals surface area contributed by atoms with E-state index in [4.69, 9.17) is 4.98 Å². The lowest BCUT2D eigenvalue weighted by Gasteiger charge is -2.31. The summed E-state index contributed by atoms with van der Waals surface area (Å²) in [6.45, 7) is 1.40. The number of benzene rings is 2. The quantitative estimate of drug-likeness (QED) is 0.699. The lowest BCUT2D eigenvalue weighted by atomic mass is 9.93. The molecule has 1 aliphatic heterocycles. The van der Waals surface area contributed by atoms with Crippen LogP contribution >= 0.6 is 0 Å². The highest BCUT2D eigenvalue weighted by molar-refractivity contribution is 5.94. The lowest BCUT2D eigenvalue weighted by Crippen LogP contribution is -2.38. The van der Waals surface area contributed by atoms with E-state index in [2.05, 4.69) is 4.98 Å². The number of aromatic nitrogens is 2. The molecular formula is C22H20FN3O. The molecule has 0 atom stereocenters. The fraction of sp³-hybridized carbons (Fsp3) is 0.227. The summed E-state index contributed by atoms with van der Waals surface area (Å²) in [7, 11) is 0. The van der Waals surface area contributed by atoms with Crippen LogP contribution in [0.5, 0.6) is 0 Å². The second kappa shape index (κ2) is 7.66. The van der Waals surface area contributed by atoms with Crippen molar-refractivity contribution in [2.24, 2.45) is 0 Å². The zero-order valence-electron chi connectivity index (χ0n) is 14.9. The van der Waals surface area contributed by atoms with Crippen molar-refractivity contribution in [1.82, 2.24) is 14.9 Å². The van der Waals surface area contributed by atoms with Gasteiger partial charge in [0.25, 0.3) is 5.91 Å². The van der Waals surface area contributed by atoms with Gasteiger partial charge in [0.15, 0.2) is 0 Å². The molecule has 4 rings (SSSR count). The molecule has 2 aromatic carbocycles. The fourth-order valence-electron chi connectivity index (χ4n) is 3.51. The van der Waals surface area contributed by atoms with E-state index in [-0.39, 0.29) is 17.6 Å². The van der Waals surface area contributed by atoms with Crippen LogP contribution in [0.3, 0.4) is 0 Å². The van der Waals surface area contributed by atoms with Crippen molar-refractivity contribution in [2.75, 3.05) is 13.1 Å². The van der Waals surface area contributed by atoms with Gasteiger partial charge in [-0.2, -0.15) is 0 Å². The Morgan fingerprint density at radius 1 is 1.00 bits per heavy atom. The van der Waals surface area contributed by atoms with Crippen molar-refractivity contribution < 1.29 is 9.18 Å². The van der Waals surface area contributed by atoms with Crippen LogP contribution in [0.2, 0.25) is 0 Å². The van der Waals surface area contributed by atoms with Gasteiger partial charge in [-0.25, -0.2) is 9.37 Å². The summed E-state index contributed by atoms with van der Waals surface area (Å²) < 4.78 is 13.5. The van der Waals surface area contributed by atoms with E-state index in [9.17, 15) is 9.18 Å². The van der Waals surface area contributed by atoms with Gasteiger partial charge >= 0.3 is 0 Å². The predicted molar refractivity (Wildman–Crippen MR) is 102 cm³/mol. The van der Waals surface area contributed by atoms with Crippen molar-refractivity contribution in [2.45, 2.75) is 18.8 Å². The van der Waals surface area contributed by atoms with Crippen molar-refractivity contribution in [3.63, 3.8) is 0 Å². The minimum Gasteiger partial charge on any atom is -0.339 e. The molecule has 1 saturated heterocycles. The molecule has 5 heteroatoms. The minimum absolute atomic E-state index is 0.0774. The summed E-state index contributed by atoms with van der Waals surface area (Å²) in [4.78, 5) is 23.5. The summed E-state index contributed by atoms with van der Waals surface area (Å²) in [6.07, 6.45) is 5.13. The summed E-state index contributed by atoms with van der Waals surface area (Å²) >= 11 is 0. The third-order valence-corrected chi connectivity index (χ3v) is 4.99. The Labute approximate surface area is 157 Å². The zero-order valence-corrected chi connectivity index (χ0v) is 14.9. The lowest BCUT2D eigenvalue weighted by molar-refractivity contribution is 0.0712. The average molecular weight is 361 g/mol. The molecule has 27 heavy (non-hydrogen) atoms.